The monoisotopic (exact) mass is 310 g/mol. The molecule has 6 nitrogen and oxygen atoms in total. The number of anilines is 1. The molecule has 1 aromatic heterocycles. The van der Waals surface area contributed by atoms with Crippen LogP contribution in [0.15, 0.2) is 45.4 Å². The molecule has 2 rings (SSSR count). The largest absolute Gasteiger partial charge is 0.398 e. The molecule has 0 amide bonds. The molecular formula is C12H14N4O2S2. The molecule has 0 aliphatic rings. The number of nitrogen functional groups attached to an aromatic ring is 1. The van der Waals surface area contributed by atoms with Gasteiger partial charge in [0.25, 0.3) is 0 Å². The van der Waals surface area contributed by atoms with E-state index >= 15 is 0 Å². The molecule has 2 aromatic rings. The highest BCUT2D eigenvalue weighted by Crippen LogP contribution is 2.31. The van der Waals surface area contributed by atoms with Crippen molar-refractivity contribution in [2.24, 2.45) is 0 Å². The van der Waals surface area contributed by atoms with E-state index in [1.807, 2.05) is 6.92 Å². The molecule has 0 aliphatic heterocycles. The fourth-order valence-corrected chi connectivity index (χ4v) is 3.06. The fraction of sp³-hybridized carbons (Fsp3) is 0.167. The molecule has 20 heavy (non-hydrogen) atoms. The second-order valence-corrected chi connectivity index (χ2v) is 6.89. The van der Waals surface area contributed by atoms with Gasteiger partial charge in [-0.1, -0.05) is 0 Å². The van der Waals surface area contributed by atoms with Gasteiger partial charge in [0.2, 0.25) is 10.0 Å². The number of nitrogens with one attached hydrogen (secondary N) is 1. The molecule has 8 heteroatoms. The first-order valence-corrected chi connectivity index (χ1v) is 8.03. The van der Waals surface area contributed by atoms with E-state index in [1.54, 1.807) is 18.3 Å². The quantitative estimate of drug-likeness (QED) is 0.655. The Bertz CT molecular complexity index is 732. The molecule has 0 atom stereocenters. The van der Waals surface area contributed by atoms with Gasteiger partial charge >= 0.3 is 0 Å². The minimum atomic E-state index is -3.49. The van der Waals surface area contributed by atoms with Crippen molar-refractivity contribution in [3.05, 3.63) is 36.2 Å². The molecule has 0 bridgehead atoms. The normalized spacial score (nSPS) is 11.5. The average molecular weight is 310 g/mol. The van der Waals surface area contributed by atoms with Crippen molar-refractivity contribution in [3.63, 3.8) is 0 Å². The second-order valence-electron chi connectivity index (χ2n) is 3.99. The first-order valence-electron chi connectivity index (χ1n) is 5.73. The third-order valence-electron chi connectivity index (χ3n) is 2.53. The van der Waals surface area contributed by atoms with E-state index in [0.29, 0.717) is 15.7 Å². The Morgan fingerprint density at radius 1 is 1.30 bits per heavy atom. The number of hydrogen-bond donors (Lipinski definition) is 2. The van der Waals surface area contributed by atoms with Crippen LogP contribution >= 0.6 is 11.8 Å². The van der Waals surface area contributed by atoms with Crippen LogP contribution in [0.2, 0.25) is 0 Å². The minimum absolute atomic E-state index is 0.131. The molecule has 3 N–H and O–H groups in total. The van der Waals surface area contributed by atoms with E-state index in [2.05, 4.69) is 14.7 Å². The van der Waals surface area contributed by atoms with Crippen molar-refractivity contribution < 1.29 is 8.42 Å². The predicted molar refractivity (Wildman–Crippen MR) is 78.0 cm³/mol. The van der Waals surface area contributed by atoms with E-state index in [4.69, 9.17) is 5.73 Å². The number of nitrogens with zero attached hydrogens (tertiary/aromatic N) is 2. The molecule has 0 radical (unpaired) electrons. The highest BCUT2D eigenvalue weighted by atomic mass is 32.2. The van der Waals surface area contributed by atoms with Gasteiger partial charge in [-0.05, 0) is 50.0 Å². The summed E-state index contributed by atoms with van der Waals surface area (Å²) in [7, 11) is -2.13. The average Bonchev–Trinajstić information content (AvgIpc) is 2.41. The highest BCUT2D eigenvalue weighted by molar-refractivity contribution is 7.99. The molecule has 0 unspecified atom stereocenters. The molecule has 0 fully saturated rings. The summed E-state index contributed by atoms with van der Waals surface area (Å²) in [6.07, 6.45) is 1.67. The van der Waals surface area contributed by atoms with Gasteiger partial charge in [-0.15, -0.1) is 0 Å². The number of hydrogen-bond acceptors (Lipinski definition) is 6. The topological polar surface area (TPSA) is 98.0 Å². The molecule has 0 saturated carbocycles. The molecule has 106 valence electrons. The molecule has 0 saturated heterocycles. The fourth-order valence-electron chi connectivity index (χ4n) is 1.48. The van der Waals surface area contributed by atoms with E-state index in [-0.39, 0.29) is 4.90 Å². The van der Waals surface area contributed by atoms with Gasteiger partial charge in [0.1, 0.15) is 0 Å². The lowest BCUT2D eigenvalue weighted by Gasteiger charge is -2.07. The summed E-state index contributed by atoms with van der Waals surface area (Å²) in [5.74, 6) is 0. The first-order chi connectivity index (χ1) is 9.42. The zero-order chi connectivity index (χ0) is 14.8. The molecule has 0 spiro atoms. The molecule has 1 aromatic carbocycles. The lowest BCUT2D eigenvalue weighted by atomic mass is 10.3. The van der Waals surface area contributed by atoms with Crippen LogP contribution in [0.25, 0.3) is 0 Å². The van der Waals surface area contributed by atoms with Gasteiger partial charge in [-0.3, -0.25) is 0 Å². The summed E-state index contributed by atoms with van der Waals surface area (Å²) in [6.45, 7) is 1.87. The van der Waals surface area contributed by atoms with E-state index < -0.39 is 10.0 Å². The van der Waals surface area contributed by atoms with Crippen molar-refractivity contribution in [2.75, 3.05) is 12.8 Å². The Kier molecular flexibility index (Phi) is 4.26. The summed E-state index contributed by atoms with van der Waals surface area (Å²) in [4.78, 5) is 9.24. The minimum Gasteiger partial charge on any atom is -0.398 e. The van der Waals surface area contributed by atoms with Gasteiger partial charge in [0, 0.05) is 22.5 Å². The first kappa shape index (κ1) is 14.8. The second kappa shape index (κ2) is 5.78. The van der Waals surface area contributed by atoms with Crippen LogP contribution in [0.5, 0.6) is 0 Å². The number of aryl methyl sites for hydroxylation is 1. The zero-order valence-electron chi connectivity index (χ0n) is 11.0. The zero-order valence-corrected chi connectivity index (χ0v) is 12.6. The van der Waals surface area contributed by atoms with Gasteiger partial charge in [-0.25, -0.2) is 23.1 Å². The smallest absolute Gasteiger partial charge is 0.240 e. The number of rotatable bonds is 4. The van der Waals surface area contributed by atoms with Crippen LogP contribution in [-0.4, -0.2) is 25.4 Å². The van der Waals surface area contributed by atoms with Crippen molar-refractivity contribution in [3.8, 4) is 0 Å². The SMILES string of the molecule is CNS(=O)(=O)c1ccc(Sc2nccc(C)n2)c(N)c1. The van der Waals surface area contributed by atoms with Crippen LogP contribution in [0.4, 0.5) is 5.69 Å². The van der Waals surface area contributed by atoms with Crippen molar-refractivity contribution in [1.29, 1.82) is 0 Å². The van der Waals surface area contributed by atoms with Gasteiger partial charge in [0.05, 0.1) is 4.90 Å². The van der Waals surface area contributed by atoms with Crippen LogP contribution in [0, 0.1) is 6.92 Å². The van der Waals surface area contributed by atoms with Crippen LogP contribution in [-0.2, 0) is 10.0 Å². The maximum Gasteiger partial charge on any atom is 0.240 e. The summed E-state index contributed by atoms with van der Waals surface area (Å²) >= 11 is 1.29. The summed E-state index contributed by atoms with van der Waals surface area (Å²) in [6, 6.07) is 6.37. The van der Waals surface area contributed by atoms with E-state index in [1.165, 1.54) is 30.9 Å². The number of sulfonamides is 1. The number of aromatic nitrogens is 2. The maximum atomic E-state index is 11.7. The Labute approximate surface area is 121 Å². The number of nitrogens with two attached hydrogens (primary N) is 1. The van der Waals surface area contributed by atoms with Crippen LogP contribution in [0.1, 0.15) is 5.69 Å². The lowest BCUT2D eigenvalue weighted by Crippen LogP contribution is -2.18. The summed E-state index contributed by atoms with van der Waals surface area (Å²) < 4.78 is 25.6. The standard InChI is InChI=1S/C12H14N4O2S2/c1-8-5-6-15-12(16-8)19-11-4-3-9(7-10(11)13)20(17,18)14-2/h3-7,14H,13H2,1-2H3. The van der Waals surface area contributed by atoms with Gasteiger partial charge in [-0.2, -0.15) is 0 Å². The highest BCUT2D eigenvalue weighted by Gasteiger charge is 2.13. The van der Waals surface area contributed by atoms with Gasteiger partial charge in [0.15, 0.2) is 5.16 Å². The number of benzene rings is 1. The van der Waals surface area contributed by atoms with Crippen LogP contribution in [0.3, 0.4) is 0 Å². The maximum absolute atomic E-state index is 11.7. The Balaban J connectivity index is 2.31. The summed E-state index contributed by atoms with van der Waals surface area (Å²) in [5, 5.41) is 0.570. The Morgan fingerprint density at radius 3 is 2.65 bits per heavy atom. The molecule has 0 aliphatic carbocycles. The van der Waals surface area contributed by atoms with Crippen molar-refractivity contribution >= 4 is 27.5 Å². The van der Waals surface area contributed by atoms with Crippen molar-refractivity contribution in [2.45, 2.75) is 21.9 Å². The third-order valence-corrected chi connectivity index (χ3v) is 4.92. The summed E-state index contributed by atoms with van der Waals surface area (Å²) in [5.41, 5.74) is 7.12. The van der Waals surface area contributed by atoms with E-state index in [9.17, 15) is 8.42 Å². The van der Waals surface area contributed by atoms with E-state index in [0.717, 1.165) is 5.69 Å². The molecular weight excluding hydrogens is 296 g/mol. The van der Waals surface area contributed by atoms with Crippen LogP contribution < -0.4 is 10.5 Å². The lowest BCUT2D eigenvalue weighted by molar-refractivity contribution is 0.588. The third kappa shape index (κ3) is 3.27. The molecule has 1 heterocycles. The van der Waals surface area contributed by atoms with Crippen molar-refractivity contribution in [1.82, 2.24) is 14.7 Å². The van der Waals surface area contributed by atoms with Gasteiger partial charge < -0.3 is 5.73 Å². The Morgan fingerprint density at radius 2 is 2.05 bits per heavy atom. The predicted octanol–water partition coefficient (Wildman–Crippen LogP) is 1.43. The Hall–Kier alpha value is -1.64.